The number of thiazole rings is 1. The predicted molar refractivity (Wildman–Crippen MR) is 77.1 cm³/mol. The van der Waals surface area contributed by atoms with E-state index in [0.717, 1.165) is 11.4 Å². The number of nitrogens with zero attached hydrogens (tertiary/aromatic N) is 1. The van der Waals surface area contributed by atoms with Crippen LogP contribution in [0.25, 0.3) is 0 Å². The molecule has 0 radical (unpaired) electrons. The molecule has 1 N–H and O–H groups in total. The van der Waals surface area contributed by atoms with E-state index in [-0.39, 0.29) is 0 Å². The molecule has 0 bridgehead atoms. The fraction of sp³-hybridized carbons (Fsp3) is 0.308. The highest BCUT2D eigenvalue weighted by atomic mass is 32.2. The van der Waals surface area contributed by atoms with Gasteiger partial charge in [-0.1, -0.05) is 6.07 Å². The molecule has 1 aromatic carbocycles. The van der Waals surface area contributed by atoms with E-state index >= 15 is 0 Å². The van der Waals surface area contributed by atoms with Gasteiger partial charge in [-0.05, 0) is 38.3 Å². The van der Waals surface area contributed by atoms with Crippen LogP contribution in [0.15, 0.2) is 34.7 Å². The van der Waals surface area contributed by atoms with Crippen LogP contribution in [-0.2, 0) is 0 Å². The fourth-order valence-electron chi connectivity index (χ4n) is 1.75. The van der Waals surface area contributed by atoms with E-state index in [4.69, 9.17) is 0 Å². The van der Waals surface area contributed by atoms with Crippen LogP contribution < -0.4 is 5.32 Å². The van der Waals surface area contributed by atoms with Crippen LogP contribution in [0.3, 0.4) is 0 Å². The second-order valence-corrected chi connectivity index (χ2v) is 5.67. The van der Waals surface area contributed by atoms with Crippen molar-refractivity contribution in [3.63, 3.8) is 0 Å². The molecule has 1 aromatic heterocycles. The minimum Gasteiger partial charge on any atom is -0.378 e. The number of anilines is 1. The summed E-state index contributed by atoms with van der Waals surface area (Å²) in [4.78, 5) is 6.87. The van der Waals surface area contributed by atoms with Gasteiger partial charge in [0.25, 0.3) is 0 Å². The first-order valence-corrected chi connectivity index (χ1v) is 7.61. The van der Waals surface area contributed by atoms with Crippen LogP contribution in [0.4, 0.5) is 5.69 Å². The zero-order chi connectivity index (χ0) is 12.3. The standard InChI is InChI=1S/C13H16N2S2/c1-9-13(17-8-14-9)10(2)15-11-5-4-6-12(7-11)16-3/h4-8,10,15H,1-3H3. The van der Waals surface area contributed by atoms with Crippen LogP contribution in [0.5, 0.6) is 0 Å². The Morgan fingerprint density at radius 2 is 2.24 bits per heavy atom. The maximum Gasteiger partial charge on any atom is 0.0798 e. The third-order valence-electron chi connectivity index (χ3n) is 2.63. The van der Waals surface area contributed by atoms with Gasteiger partial charge >= 0.3 is 0 Å². The smallest absolute Gasteiger partial charge is 0.0798 e. The first kappa shape index (κ1) is 12.5. The van der Waals surface area contributed by atoms with Gasteiger partial charge in [0, 0.05) is 15.5 Å². The molecule has 1 heterocycles. The lowest BCUT2D eigenvalue weighted by Gasteiger charge is -2.14. The van der Waals surface area contributed by atoms with Crippen molar-refractivity contribution in [2.75, 3.05) is 11.6 Å². The normalized spacial score (nSPS) is 12.4. The Labute approximate surface area is 110 Å². The highest BCUT2D eigenvalue weighted by Gasteiger charge is 2.10. The summed E-state index contributed by atoms with van der Waals surface area (Å²) in [7, 11) is 0. The topological polar surface area (TPSA) is 24.9 Å². The molecule has 0 saturated heterocycles. The largest absolute Gasteiger partial charge is 0.378 e. The van der Waals surface area contributed by atoms with Crippen LogP contribution >= 0.6 is 23.1 Å². The molecule has 0 aliphatic rings. The van der Waals surface area contributed by atoms with Crippen molar-refractivity contribution in [2.45, 2.75) is 24.8 Å². The van der Waals surface area contributed by atoms with E-state index in [9.17, 15) is 0 Å². The zero-order valence-electron chi connectivity index (χ0n) is 10.2. The molecule has 0 aliphatic carbocycles. The van der Waals surface area contributed by atoms with Crippen molar-refractivity contribution in [3.8, 4) is 0 Å². The number of aryl methyl sites for hydroxylation is 1. The molecule has 1 unspecified atom stereocenters. The lowest BCUT2D eigenvalue weighted by atomic mass is 10.2. The van der Waals surface area contributed by atoms with E-state index in [0.29, 0.717) is 6.04 Å². The second kappa shape index (κ2) is 5.56. The average molecular weight is 264 g/mol. The summed E-state index contributed by atoms with van der Waals surface area (Å²) in [5, 5.41) is 3.52. The highest BCUT2D eigenvalue weighted by Crippen LogP contribution is 2.26. The van der Waals surface area contributed by atoms with E-state index in [2.05, 4.69) is 54.7 Å². The van der Waals surface area contributed by atoms with Gasteiger partial charge < -0.3 is 5.32 Å². The highest BCUT2D eigenvalue weighted by molar-refractivity contribution is 7.98. The summed E-state index contributed by atoms with van der Waals surface area (Å²) in [5.41, 5.74) is 4.19. The first-order chi connectivity index (χ1) is 8.20. The molecule has 0 amide bonds. The van der Waals surface area contributed by atoms with Crippen molar-refractivity contribution < 1.29 is 0 Å². The van der Waals surface area contributed by atoms with Gasteiger partial charge in [-0.2, -0.15) is 0 Å². The van der Waals surface area contributed by atoms with Gasteiger partial charge in [0.2, 0.25) is 0 Å². The Hall–Kier alpha value is -1.00. The average Bonchev–Trinajstić information content (AvgIpc) is 2.76. The van der Waals surface area contributed by atoms with E-state index < -0.39 is 0 Å². The third kappa shape index (κ3) is 3.01. The van der Waals surface area contributed by atoms with Crippen molar-refractivity contribution in [1.82, 2.24) is 4.98 Å². The summed E-state index contributed by atoms with van der Waals surface area (Å²) in [6.07, 6.45) is 2.09. The molecule has 2 nitrogen and oxygen atoms in total. The van der Waals surface area contributed by atoms with Gasteiger partial charge in [0.05, 0.1) is 17.2 Å². The Morgan fingerprint density at radius 3 is 2.88 bits per heavy atom. The molecule has 2 aromatic rings. The maximum absolute atomic E-state index is 4.29. The number of thioether (sulfide) groups is 1. The van der Waals surface area contributed by atoms with Gasteiger partial charge in [-0.3, -0.25) is 0 Å². The van der Waals surface area contributed by atoms with Gasteiger partial charge in [0.1, 0.15) is 0 Å². The van der Waals surface area contributed by atoms with Crippen molar-refractivity contribution in [3.05, 3.63) is 40.3 Å². The first-order valence-electron chi connectivity index (χ1n) is 5.51. The Bertz CT molecular complexity index is 494. The number of hydrogen-bond acceptors (Lipinski definition) is 4. The van der Waals surface area contributed by atoms with Crippen molar-refractivity contribution in [2.24, 2.45) is 0 Å². The number of aromatic nitrogens is 1. The summed E-state index contributed by atoms with van der Waals surface area (Å²) in [6.45, 7) is 4.23. The minimum atomic E-state index is 0.305. The van der Waals surface area contributed by atoms with Crippen LogP contribution in [0, 0.1) is 6.92 Å². The van der Waals surface area contributed by atoms with Crippen molar-refractivity contribution in [1.29, 1.82) is 0 Å². The quantitative estimate of drug-likeness (QED) is 0.831. The molecule has 2 rings (SSSR count). The van der Waals surface area contributed by atoms with Crippen LogP contribution in [0.2, 0.25) is 0 Å². The molecular weight excluding hydrogens is 248 g/mol. The SMILES string of the molecule is CSc1cccc(NC(C)c2scnc2C)c1. The second-order valence-electron chi connectivity index (χ2n) is 3.90. The summed E-state index contributed by atoms with van der Waals surface area (Å²) >= 11 is 3.47. The molecule has 17 heavy (non-hydrogen) atoms. The molecule has 0 aliphatic heterocycles. The Kier molecular flexibility index (Phi) is 4.07. The molecule has 0 saturated carbocycles. The molecular formula is C13H16N2S2. The van der Waals surface area contributed by atoms with E-state index in [1.165, 1.54) is 9.77 Å². The minimum absolute atomic E-state index is 0.305. The molecule has 90 valence electrons. The molecule has 4 heteroatoms. The number of hydrogen-bond donors (Lipinski definition) is 1. The van der Waals surface area contributed by atoms with Gasteiger partial charge in [0.15, 0.2) is 0 Å². The Morgan fingerprint density at radius 1 is 1.41 bits per heavy atom. The fourth-order valence-corrected chi connectivity index (χ4v) is 3.03. The number of nitrogens with one attached hydrogen (secondary N) is 1. The summed E-state index contributed by atoms with van der Waals surface area (Å²) in [6, 6.07) is 8.79. The summed E-state index contributed by atoms with van der Waals surface area (Å²) in [5.74, 6) is 0. The number of rotatable bonds is 4. The predicted octanol–water partition coefficient (Wildman–Crippen LogP) is 4.35. The van der Waals surface area contributed by atoms with Gasteiger partial charge in [-0.15, -0.1) is 23.1 Å². The Balaban J connectivity index is 2.13. The summed E-state index contributed by atoms with van der Waals surface area (Å²) < 4.78 is 0. The van der Waals surface area contributed by atoms with E-state index in [1.54, 1.807) is 23.1 Å². The number of benzene rings is 1. The van der Waals surface area contributed by atoms with Crippen LogP contribution in [-0.4, -0.2) is 11.2 Å². The lowest BCUT2D eigenvalue weighted by molar-refractivity contribution is 0.889. The maximum atomic E-state index is 4.29. The van der Waals surface area contributed by atoms with Gasteiger partial charge in [-0.25, -0.2) is 4.98 Å². The third-order valence-corrected chi connectivity index (χ3v) is 4.47. The molecule has 0 spiro atoms. The van der Waals surface area contributed by atoms with Crippen LogP contribution in [0.1, 0.15) is 23.5 Å². The monoisotopic (exact) mass is 264 g/mol. The lowest BCUT2D eigenvalue weighted by Crippen LogP contribution is -2.06. The molecule has 1 atom stereocenters. The van der Waals surface area contributed by atoms with Crippen molar-refractivity contribution >= 4 is 28.8 Å². The van der Waals surface area contributed by atoms with E-state index in [1.807, 2.05) is 5.51 Å². The zero-order valence-corrected chi connectivity index (χ0v) is 11.9. The molecule has 0 fully saturated rings.